The van der Waals surface area contributed by atoms with Gasteiger partial charge in [0.05, 0.1) is 5.69 Å². The van der Waals surface area contributed by atoms with Crippen molar-refractivity contribution in [3.05, 3.63) is 11.1 Å². The maximum atomic E-state index is 4.80. The third kappa shape index (κ3) is 4.45. The summed E-state index contributed by atoms with van der Waals surface area (Å²) in [6.07, 6.45) is 5.38. The fourth-order valence-electron chi connectivity index (χ4n) is 2.81. The molecule has 20 heavy (non-hydrogen) atoms. The van der Waals surface area contributed by atoms with E-state index in [0.29, 0.717) is 6.04 Å². The van der Waals surface area contributed by atoms with Crippen LogP contribution in [0.5, 0.6) is 0 Å². The first-order valence-corrected chi connectivity index (χ1v) is 8.65. The monoisotopic (exact) mass is 295 g/mol. The molecule has 114 valence electrons. The van der Waals surface area contributed by atoms with Crippen LogP contribution in [0.4, 0.5) is 5.13 Å². The molecule has 1 aliphatic carbocycles. The molecule has 1 N–H and O–H groups in total. The number of anilines is 1. The fraction of sp³-hybridized carbons (Fsp3) is 0.812. The van der Waals surface area contributed by atoms with Gasteiger partial charge in [-0.15, -0.1) is 11.3 Å². The molecule has 0 spiro atoms. The summed E-state index contributed by atoms with van der Waals surface area (Å²) in [5, 5.41) is 6.87. The minimum absolute atomic E-state index is 0.147. The molecule has 3 nitrogen and oxygen atoms in total. The molecule has 0 radical (unpaired) electrons. The summed E-state index contributed by atoms with van der Waals surface area (Å²) in [5.41, 5.74) is 1.31. The molecule has 1 aliphatic rings. The Kier molecular flexibility index (Phi) is 5.08. The zero-order valence-corrected chi connectivity index (χ0v) is 14.4. The average molecular weight is 295 g/mol. The summed E-state index contributed by atoms with van der Waals surface area (Å²) in [7, 11) is 2.21. The van der Waals surface area contributed by atoms with Gasteiger partial charge in [-0.2, -0.15) is 0 Å². The Morgan fingerprint density at radius 3 is 2.80 bits per heavy atom. The van der Waals surface area contributed by atoms with Gasteiger partial charge in [-0.25, -0.2) is 4.98 Å². The molecule has 2 atom stereocenters. The highest BCUT2D eigenvalue weighted by Gasteiger charge is 2.24. The van der Waals surface area contributed by atoms with Crippen LogP contribution in [-0.4, -0.2) is 23.6 Å². The molecule has 4 heteroatoms. The second-order valence-corrected chi connectivity index (χ2v) is 8.10. The van der Waals surface area contributed by atoms with Crippen molar-refractivity contribution in [2.75, 3.05) is 11.9 Å². The summed E-state index contributed by atoms with van der Waals surface area (Å²) in [4.78, 5) is 7.20. The fourth-order valence-corrected chi connectivity index (χ4v) is 3.67. The van der Waals surface area contributed by atoms with Crippen LogP contribution in [0.25, 0.3) is 0 Å². The van der Waals surface area contributed by atoms with Gasteiger partial charge in [-0.05, 0) is 39.5 Å². The summed E-state index contributed by atoms with van der Waals surface area (Å²) >= 11 is 1.78. The number of hydrogen-bond donors (Lipinski definition) is 1. The van der Waals surface area contributed by atoms with Gasteiger partial charge in [0, 0.05) is 30.6 Å². The molecule has 0 saturated heterocycles. The normalized spacial score (nSPS) is 23.9. The van der Waals surface area contributed by atoms with E-state index in [1.165, 1.54) is 30.8 Å². The smallest absolute Gasteiger partial charge is 0.185 e. The summed E-state index contributed by atoms with van der Waals surface area (Å²) < 4.78 is 0. The second-order valence-electron chi connectivity index (χ2n) is 7.26. The van der Waals surface area contributed by atoms with Crippen LogP contribution < -0.4 is 10.2 Å². The molecule has 0 aromatic carbocycles. The van der Waals surface area contributed by atoms with Gasteiger partial charge in [-0.3, -0.25) is 0 Å². The summed E-state index contributed by atoms with van der Waals surface area (Å²) in [6.45, 7) is 9.80. The zero-order chi connectivity index (χ0) is 14.8. The average Bonchev–Trinajstić information content (AvgIpc) is 2.83. The van der Waals surface area contributed by atoms with Gasteiger partial charge in [-0.1, -0.05) is 19.8 Å². The standard InChI is InChI=1S/C16H29N3S/c1-12-7-6-8-14(9-12)19(5)15-18-13(11-20-15)10-17-16(2,3)4/h11-12,14,17H,6-10H2,1-5H3. The number of aromatic nitrogens is 1. The molecule has 1 aromatic rings. The van der Waals surface area contributed by atoms with Gasteiger partial charge in [0.2, 0.25) is 0 Å². The van der Waals surface area contributed by atoms with Gasteiger partial charge < -0.3 is 10.2 Å². The molecule has 1 fully saturated rings. The Bertz CT molecular complexity index is 422. The van der Waals surface area contributed by atoms with Crippen LogP contribution in [0.15, 0.2) is 5.38 Å². The highest BCUT2D eigenvalue weighted by molar-refractivity contribution is 7.13. The highest BCUT2D eigenvalue weighted by atomic mass is 32.1. The first-order valence-electron chi connectivity index (χ1n) is 7.77. The second kappa shape index (κ2) is 6.44. The lowest BCUT2D eigenvalue weighted by Gasteiger charge is -2.33. The molecule has 2 unspecified atom stereocenters. The van der Waals surface area contributed by atoms with Crippen LogP contribution >= 0.6 is 11.3 Å². The summed E-state index contributed by atoms with van der Waals surface area (Å²) in [5.74, 6) is 0.859. The Morgan fingerprint density at radius 2 is 2.15 bits per heavy atom. The predicted octanol–water partition coefficient (Wildman–Crippen LogP) is 4.05. The molecular weight excluding hydrogens is 266 g/mol. The van der Waals surface area contributed by atoms with E-state index in [1.807, 2.05) is 0 Å². The topological polar surface area (TPSA) is 28.2 Å². The van der Waals surface area contributed by atoms with Crippen LogP contribution in [0, 0.1) is 5.92 Å². The van der Waals surface area contributed by atoms with Crippen molar-refractivity contribution in [1.29, 1.82) is 0 Å². The predicted molar refractivity (Wildman–Crippen MR) is 88.5 cm³/mol. The number of rotatable bonds is 4. The first kappa shape index (κ1) is 15.8. The maximum Gasteiger partial charge on any atom is 0.185 e. The first-order chi connectivity index (χ1) is 9.35. The number of nitrogens with one attached hydrogen (secondary N) is 1. The molecule has 1 heterocycles. The number of thiazole rings is 1. The molecular formula is C16H29N3S. The molecule has 0 aliphatic heterocycles. The Labute approximate surface area is 127 Å². The van der Waals surface area contributed by atoms with Crippen molar-refractivity contribution >= 4 is 16.5 Å². The maximum absolute atomic E-state index is 4.80. The van der Waals surface area contributed by atoms with E-state index < -0.39 is 0 Å². The third-order valence-electron chi connectivity index (χ3n) is 4.10. The van der Waals surface area contributed by atoms with Crippen molar-refractivity contribution in [2.45, 2.75) is 71.5 Å². The van der Waals surface area contributed by atoms with Crippen LogP contribution in [-0.2, 0) is 6.54 Å². The molecule has 1 aromatic heterocycles. The van der Waals surface area contributed by atoms with E-state index >= 15 is 0 Å². The lowest BCUT2D eigenvalue weighted by atomic mass is 9.86. The van der Waals surface area contributed by atoms with E-state index in [4.69, 9.17) is 4.98 Å². The van der Waals surface area contributed by atoms with Gasteiger partial charge >= 0.3 is 0 Å². The van der Waals surface area contributed by atoms with E-state index in [-0.39, 0.29) is 5.54 Å². The number of hydrogen-bond acceptors (Lipinski definition) is 4. The Morgan fingerprint density at radius 1 is 1.40 bits per heavy atom. The molecule has 1 saturated carbocycles. The van der Waals surface area contributed by atoms with Crippen molar-refractivity contribution in [3.63, 3.8) is 0 Å². The summed E-state index contributed by atoms with van der Waals surface area (Å²) in [6, 6.07) is 0.674. The third-order valence-corrected chi connectivity index (χ3v) is 5.08. The largest absolute Gasteiger partial charge is 0.348 e. The Balaban J connectivity index is 1.93. The van der Waals surface area contributed by atoms with E-state index in [1.54, 1.807) is 11.3 Å². The molecule has 0 amide bonds. The van der Waals surface area contributed by atoms with Gasteiger partial charge in [0.1, 0.15) is 0 Å². The SMILES string of the molecule is CC1CCCC(N(C)c2nc(CNC(C)(C)C)cs2)C1. The van der Waals surface area contributed by atoms with Gasteiger partial charge in [0.15, 0.2) is 5.13 Å². The van der Waals surface area contributed by atoms with Crippen molar-refractivity contribution in [2.24, 2.45) is 5.92 Å². The van der Waals surface area contributed by atoms with Crippen LogP contribution in [0.2, 0.25) is 0 Å². The van der Waals surface area contributed by atoms with Gasteiger partial charge in [0.25, 0.3) is 0 Å². The molecule has 2 rings (SSSR count). The van der Waals surface area contributed by atoms with Crippen molar-refractivity contribution in [1.82, 2.24) is 10.3 Å². The van der Waals surface area contributed by atoms with E-state index in [2.05, 4.69) is 50.3 Å². The minimum Gasteiger partial charge on any atom is -0.348 e. The quantitative estimate of drug-likeness (QED) is 0.908. The van der Waals surface area contributed by atoms with Crippen LogP contribution in [0.3, 0.4) is 0 Å². The lowest BCUT2D eigenvalue weighted by molar-refractivity contribution is 0.336. The van der Waals surface area contributed by atoms with E-state index in [0.717, 1.165) is 18.2 Å². The minimum atomic E-state index is 0.147. The molecule has 0 bridgehead atoms. The van der Waals surface area contributed by atoms with Crippen molar-refractivity contribution in [3.8, 4) is 0 Å². The van der Waals surface area contributed by atoms with Crippen LogP contribution in [0.1, 0.15) is 59.1 Å². The Hall–Kier alpha value is -0.610. The number of nitrogens with zero attached hydrogens (tertiary/aromatic N) is 2. The zero-order valence-electron chi connectivity index (χ0n) is 13.6. The van der Waals surface area contributed by atoms with Crippen molar-refractivity contribution < 1.29 is 0 Å². The lowest BCUT2D eigenvalue weighted by Crippen LogP contribution is -2.36. The highest BCUT2D eigenvalue weighted by Crippen LogP contribution is 2.31. The van der Waals surface area contributed by atoms with E-state index in [9.17, 15) is 0 Å².